The van der Waals surface area contributed by atoms with Crippen LogP contribution in [0.5, 0.6) is 0 Å². The number of benzene rings is 3. The SMILES string of the molecule is CC1C=NC=C1c1cn(CCN2CN(c3ccc(F)cc3)C3(CCN([C@H]4Cc5cccc6cccc4c56)CC3)C2=O)nn1.S. The molecule has 0 bridgehead atoms. The Morgan fingerprint density at radius 1 is 1.00 bits per heavy atom. The minimum absolute atomic E-state index is 0. The summed E-state index contributed by atoms with van der Waals surface area (Å²) in [4.78, 5) is 25.3. The second kappa shape index (κ2) is 11.2. The molecule has 1 unspecified atom stereocenters. The Morgan fingerprint density at radius 3 is 2.52 bits per heavy atom. The highest BCUT2D eigenvalue weighted by molar-refractivity contribution is 7.59. The maximum Gasteiger partial charge on any atom is 0.250 e. The first-order chi connectivity index (χ1) is 21.0. The summed E-state index contributed by atoms with van der Waals surface area (Å²) in [5.41, 5.74) is 4.92. The van der Waals surface area contributed by atoms with Crippen LogP contribution in [0.2, 0.25) is 0 Å². The normalized spacial score (nSPS) is 22.3. The molecule has 0 N–H and O–H groups in total. The number of carbonyl (C=O) groups is 1. The standard InChI is InChI=1S/C34H34FN7O.H2S/c1-23-19-36-20-29(23)30-21-41(38-37-30)17-16-40-22-42(27-10-8-26(35)9-11-27)34(33(40)43)12-14-39(15-13-34)31-18-25-6-2-4-24-5-3-7-28(31)32(24)25;/h2-11,19-21,23,31H,12-18,22H2,1H3;1H2/t23?,31-;/m0./s1. The van der Waals surface area contributed by atoms with Gasteiger partial charge in [0.05, 0.1) is 19.4 Å². The number of carbonyl (C=O) groups excluding carboxylic acids is 1. The molecule has 44 heavy (non-hydrogen) atoms. The number of aliphatic imine (C=N–C) groups is 1. The lowest BCUT2D eigenvalue weighted by Gasteiger charge is -2.45. The van der Waals surface area contributed by atoms with Crippen molar-refractivity contribution in [2.24, 2.45) is 10.9 Å². The summed E-state index contributed by atoms with van der Waals surface area (Å²) >= 11 is 0. The van der Waals surface area contributed by atoms with Gasteiger partial charge in [-0.1, -0.05) is 48.5 Å². The van der Waals surface area contributed by atoms with Gasteiger partial charge in [0.15, 0.2) is 0 Å². The van der Waals surface area contributed by atoms with E-state index in [1.54, 1.807) is 12.1 Å². The van der Waals surface area contributed by atoms with Crippen LogP contribution in [0.15, 0.2) is 78.1 Å². The van der Waals surface area contributed by atoms with Crippen LogP contribution >= 0.6 is 13.5 Å². The molecule has 2 saturated heterocycles. The minimum Gasteiger partial charge on any atom is -0.339 e. The monoisotopic (exact) mass is 609 g/mol. The average Bonchev–Trinajstić information content (AvgIpc) is 3.81. The molecular weight excluding hydrogens is 573 g/mol. The van der Waals surface area contributed by atoms with E-state index in [0.717, 1.165) is 49.3 Å². The van der Waals surface area contributed by atoms with Gasteiger partial charge in [-0.05, 0) is 65.4 Å². The summed E-state index contributed by atoms with van der Waals surface area (Å²) < 4.78 is 15.7. The summed E-state index contributed by atoms with van der Waals surface area (Å²) in [6, 6.07) is 20.1. The highest BCUT2D eigenvalue weighted by atomic mass is 32.1. The fraction of sp³-hybridized carbons (Fsp3) is 0.353. The van der Waals surface area contributed by atoms with Crippen molar-refractivity contribution in [2.45, 2.75) is 44.3 Å². The van der Waals surface area contributed by atoms with Crippen molar-refractivity contribution >= 4 is 47.7 Å². The number of halogens is 1. The van der Waals surface area contributed by atoms with Crippen LogP contribution in [0, 0.1) is 11.7 Å². The molecule has 4 aromatic rings. The fourth-order valence-electron chi connectivity index (χ4n) is 7.65. The largest absolute Gasteiger partial charge is 0.339 e. The second-order valence-corrected chi connectivity index (χ2v) is 12.3. The number of hydrogen-bond acceptors (Lipinski definition) is 6. The van der Waals surface area contributed by atoms with Gasteiger partial charge < -0.3 is 9.80 Å². The Balaban J connectivity index is 0.00000312. The molecular formula is C34H36FN7OS. The minimum atomic E-state index is -0.652. The van der Waals surface area contributed by atoms with Crippen LogP contribution in [0.1, 0.15) is 42.6 Å². The van der Waals surface area contributed by atoms with Crippen molar-refractivity contribution in [3.8, 4) is 0 Å². The predicted molar refractivity (Wildman–Crippen MR) is 175 cm³/mol. The van der Waals surface area contributed by atoms with E-state index in [2.05, 4.69) is 68.4 Å². The summed E-state index contributed by atoms with van der Waals surface area (Å²) in [5, 5.41) is 11.4. The third-order valence-corrected chi connectivity index (χ3v) is 9.96. The smallest absolute Gasteiger partial charge is 0.250 e. The van der Waals surface area contributed by atoms with Crippen molar-refractivity contribution in [1.82, 2.24) is 24.8 Å². The Hall–Kier alpha value is -4.02. The Bertz CT molecular complexity index is 1770. The molecule has 3 aromatic carbocycles. The molecule has 8 rings (SSSR count). The van der Waals surface area contributed by atoms with Crippen LogP contribution in [-0.2, 0) is 17.8 Å². The van der Waals surface area contributed by atoms with Gasteiger partial charge in [0.1, 0.15) is 17.1 Å². The maximum absolute atomic E-state index is 14.3. The van der Waals surface area contributed by atoms with E-state index in [9.17, 15) is 9.18 Å². The molecule has 10 heteroatoms. The van der Waals surface area contributed by atoms with E-state index in [1.807, 2.05) is 28.2 Å². The predicted octanol–water partition coefficient (Wildman–Crippen LogP) is 5.18. The number of allylic oxidation sites excluding steroid dienone is 1. The summed E-state index contributed by atoms with van der Waals surface area (Å²) in [5.74, 6) is 0.0878. The number of aromatic nitrogens is 3. The molecule has 1 aliphatic carbocycles. The Kier molecular flexibility index (Phi) is 7.29. The van der Waals surface area contributed by atoms with Gasteiger partial charge in [-0.3, -0.25) is 19.4 Å². The van der Waals surface area contributed by atoms with Gasteiger partial charge in [-0.15, -0.1) is 5.10 Å². The zero-order chi connectivity index (χ0) is 29.1. The molecule has 8 nitrogen and oxygen atoms in total. The van der Waals surface area contributed by atoms with Crippen LogP contribution in [0.3, 0.4) is 0 Å². The van der Waals surface area contributed by atoms with Crippen LogP contribution in [-0.4, -0.2) is 68.8 Å². The van der Waals surface area contributed by atoms with Gasteiger partial charge >= 0.3 is 0 Å². The number of amides is 1. The van der Waals surface area contributed by atoms with Crippen molar-refractivity contribution in [1.29, 1.82) is 0 Å². The molecule has 2 atom stereocenters. The van der Waals surface area contributed by atoms with Gasteiger partial charge in [0.2, 0.25) is 5.91 Å². The van der Waals surface area contributed by atoms with Crippen molar-refractivity contribution in [3.05, 3.63) is 95.7 Å². The average molecular weight is 610 g/mol. The Morgan fingerprint density at radius 2 is 1.77 bits per heavy atom. The fourth-order valence-corrected chi connectivity index (χ4v) is 7.65. The molecule has 1 amide bonds. The van der Waals surface area contributed by atoms with Crippen molar-refractivity contribution in [3.63, 3.8) is 0 Å². The molecule has 3 aliphatic heterocycles. The summed E-state index contributed by atoms with van der Waals surface area (Å²) in [6.45, 7) is 5.28. The van der Waals surface area contributed by atoms with Gasteiger partial charge in [-0.2, -0.15) is 13.5 Å². The van der Waals surface area contributed by atoms with Gasteiger partial charge in [0, 0.05) is 55.3 Å². The third-order valence-electron chi connectivity index (χ3n) is 9.96. The van der Waals surface area contributed by atoms with E-state index in [0.29, 0.717) is 25.8 Å². The van der Waals surface area contributed by atoms with E-state index in [-0.39, 0.29) is 31.1 Å². The third kappa shape index (κ3) is 4.62. The molecule has 226 valence electrons. The molecule has 2 fully saturated rings. The van der Waals surface area contributed by atoms with Gasteiger partial charge in [-0.25, -0.2) is 4.39 Å². The first-order valence-electron chi connectivity index (χ1n) is 15.2. The van der Waals surface area contributed by atoms with Crippen molar-refractivity contribution < 1.29 is 9.18 Å². The van der Waals surface area contributed by atoms with Crippen LogP contribution < -0.4 is 4.90 Å². The summed E-state index contributed by atoms with van der Waals surface area (Å²) in [6.07, 6.45) is 8.13. The number of anilines is 1. The zero-order valence-electron chi connectivity index (χ0n) is 24.7. The lowest BCUT2D eigenvalue weighted by molar-refractivity contribution is -0.134. The number of likely N-dealkylation sites (tertiary alicyclic amines) is 1. The highest BCUT2D eigenvalue weighted by Crippen LogP contribution is 2.45. The first-order valence-corrected chi connectivity index (χ1v) is 15.2. The number of hydrogen-bond donors (Lipinski definition) is 0. The van der Waals surface area contributed by atoms with Crippen LogP contribution in [0.4, 0.5) is 10.1 Å². The van der Waals surface area contributed by atoms with Crippen molar-refractivity contribution in [2.75, 3.05) is 31.2 Å². The van der Waals surface area contributed by atoms with E-state index >= 15 is 0 Å². The van der Waals surface area contributed by atoms with E-state index in [4.69, 9.17) is 0 Å². The lowest BCUT2D eigenvalue weighted by atomic mass is 9.84. The number of nitrogens with zero attached hydrogens (tertiary/aromatic N) is 7. The molecule has 1 aromatic heterocycles. The molecule has 0 saturated carbocycles. The molecule has 4 heterocycles. The molecule has 0 radical (unpaired) electrons. The topological polar surface area (TPSA) is 69.9 Å². The first kappa shape index (κ1) is 28.7. The molecule has 1 spiro atoms. The highest BCUT2D eigenvalue weighted by Gasteiger charge is 2.54. The van der Waals surface area contributed by atoms with E-state index < -0.39 is 5.54 Å². The second-order valence-electron chi connectivity index (χ2n) is 12.3. The lowest BCUT2D eigenvalue weighted by Crippen LogP contribution is -2.57. The quantitative estimate of drug-likeness (QED) is 0.301. The van der Waals surface area contributed by atoms with Gasteiger partial charge in [0.25, 0.3) is 0 Å². The number of piperidine rings is 1. The Labute approximate surface area is 263 Å². The van der Waals surface area contributed by atoms with Crippen LogP contribution in [0.25, 0.3) is 16.3 Å². The van der Waals surface area contributed by atoms with E-state index in [1.165, 1.54) is 34.0 Å². The zero-order valence-corrected chi connectivity index (χ0v) is 25.7. The maximum atomic E-state index is 14.3. The molecule has 4 aliphatic rings. The number of rotatable bonds is 6. The summed E-state index contributed by atoms with van der Waals surface area (Å²) in [7, 11) is 0.